The summed E-state index contributed by atoms with van der Waals surface area (Å²) in [6.07, 6.45) is 30.1. The molecule has 0 unspecified atom stereocenters. The van der Waals surface area contributed by atoms with E-state index in [1.165, 1.54) is 146 Å². The average Bonchev–Trinajstić information content (AvgIpc) is 2.92. The predicted octanol–water partition coefficient (Wildman–Crippen LogP) is 9.52. The molecular formula is C36H59NaO. The summed E-state index contributed by atoms with van der Waals surface area (Å²) >= 11 is 0. The maximum absolute atomic E-state index is 6.39. The Morgan fingerprint density at radius 1 is 0.474 bits per heavy atom. The fourth-order valence-corrected chi connectivity index (χ4v) is 5.43. The van der Waals surface area contributed by atoms with E-state index >= 15 is 0 Å². The minimum atomic E-state index is 0. The Labute approximate surface area is 260 Å². The van der Waals surface area contributed by atoms with Crippen LogP contribution < -0.4 is 34.3 Å². The summed E-state index contributed by atoms with van der Waals surface area (Å²) in [5.74, 6) is 2.02. The molecule has 0 aromatic heterocycles. The van der Waals surface area contributed by atoms with E-state index in [0.717, 1.165) is 17.9 Å². The summed E-state index contributed by atoms with van der Waals surface area (Å²) in [5.41, 5.74) is 2.98. The molecule has 2 heteroatoms. The molecule has 1 nitrogen and oxygen atoms in total. The fraction of sp³-hybridized carbons (Fsp3) is 0.667. The topological polar surface area (TPSA) is 9.23 Å². The number of unbranched alkanes of at least 4 members (excludes halogenated alkanes) is 18. The van der Waals surface area contributed by atoms with E-state index in [2.05, 4.69) is 62.4 Å². The van der Waals surface area contributed by atoms with E-state index < -0.39 is 0 Å². The van der Waals surface area contributed by atoms with Gasteiger partial charge in [-0.05, 0) is 55.0 Å². The molecule has 38 heavy (non-hydrogen) atoms. The molecule has 2 aromatic carbocycles. The third-order valence-corrected chi connectivity index (χ3v) is 7.78. The molecule has 0 aliphatic heterocycles. The quantitative estimate of drug-likeness (QED) is 0.0970. The first kappa shape index (κ1) is 35.3. The molecule has 0 heterocycles. The van der Waals surface area contributed by atoms with Gasteiger partial charge in [-0.25, -0.2) is 0 Å². The minimum Gasteiger partial charge on any atom is -1.00 e. The van der Waals surface area contributed by atoms with Gasteiger partial charge in [-0.1, -0.05) is 160 Å². The summed E-state index contributed by atoms with van der Waals surface area (Å²) in [6, 6.07) is 17.1. The van der Waals surface area contributed by atoms with E-state index in [-0.39, 0.29) is 31.0 Å². The number of para-hydroxylation sites is 1. The Morgan fingerprint density at radius 2 is 0.921 bits per heavy atom. The van der Waals surface area contributed by atoms with Gasteiger partial charge in [0.05, 0.1) is 0 Å². The van der Waals surface area contributed by atoms with Gasteiger partial charge in [0.15, 0.2) is 0 Å². The maximum Gasteiger partial charge on any atom is 1.00 e. The van der Waals surface area contributed by atoms with Crippen LogP contribution >= 0.6 is 0 Å². The van der Waals surface area contributed by atoms with Crippen molar-refractivity contribution in [2.45, 2.75) is 155 Å². The van der Waals surface area contributed by atoms with Gasteiger partial charge in [0.25, 0.3) is 0 Å². The molecule has 210 valence electrons. The Balaban J connectivity index is 0.00000722. The molecule has 0 amide bonds. The van der Waals surface area contributed by atoms with E-state index in [4.69, 9.17) is 4.74 Å². The molecule has 0 aliphatic carbocycles. The molecule has 0 bridgehead atoms. The van der Waals surface area contributed by atoms with Crippen LogP contribution in [0.3, 0.4) is 0 Å². The van der Waals surface area contributed by atoms with Crippen LogP contribution in [0.4, 0.5) is 0 Å². The van der Waals surface area contributed by atoms with Gasteiger partial charge in [0.2, 0.25) is 0 Å². The van der Waals surface area contributed by atoms with Gasteiger partial charge in [-0.3, -0.25) is 0 Å². The normalized spacial score (nSPS) is 10.9. The summed E-state index contributed by atoms with van der Waals surface area (Å²) in [6.45, 7) is 4.60. The van der Waals surface area contributed by atoms with Crippen LogP contribution in [0.25, 0.3) is 0 Å². The largest absolute Gasteiger partial charge is 1.00 e. The van der Waals surface area contributed by atoms with Crippen LogP contribution in [0.1, 0.15) is 155 Å². The molecule has 0 atom stereocenters. The zero-order valence-corrected chi connectivity index (χ0v) is 27.6. The Hall–Kier alpha value is -0.760. The monoisotopic (exact) mass is 530 g/mol. The molecule has 2 aromatic rings. The van der Waals surface area contributed by atoms with Crippen LogP contribution in [0, 0.1) is 0 Å². The van der Waals surface area contributed by atoms with Crippen molar-refractivity contribution in [1.82, 2.24) is 0 Å². The number of benzene rings is 2. The molecule has 0 spiro atoms. The Kier molecular flexibility index (Phi) is 23.4. The van der Waals surface area contributed by atoms with Crippen molar-refractivity contribution in [3.8, 4) is 11.5 Å². The smallest absolute Gasteiger partial charge is 1.00 e. The second kappa shape index (κ2) is 25.2. The molecule has 0 fully saturated rings. The first-order valence-electron chi connectivity index (χ1n) is 16.2. The molecule has 2 rings (SSSR count). The van der Waals surface area contributed by atoms with E-state index in [1.807, 2.05) is 0 Å². The molecule has 0 aliphatic rings. The number of ether oxygens (including phenoxy) is 1. The van der Waals surface area contributed by atoms with E-state index in [0.29, 0.717) is 0 Å². The molecule has 0 radical (unpaired) electrons. The number of hydrogen-bond acceptors (Lipinski definition) is 1. The average molecular weight is 531 g/mol. The SMILES string of the molecule is CCCCCCCCCCCCc1cccc(Oc2ccccc2)c1CCCCCCCCCCCC.[H-].[Na+]. The standard InChI is InChI=1S/C36H58O.Na.H/c1-3-5-7-9-11-13-15-17-19-22-27-33-28-26-32-36(37-34-29-23-21-24-30-34)35(33)31-25-20-18-16-14-12-10-8-6-4-2;;/h21,23-24,26,28-30,32H,3-20,22,25,27,31H2,1-2H3;;/q;+1;-1. The van der Waals surface area contributed by atoms with E-state index in [1.54, 1.807) is 0 Å². The van der Waals surface area contributed by atoms with Crippen molar-refractivity contribution in [1.29, 1.82) is 0 Å². The van der Waals surface area contributed by atoms with Crippen molar-refractivity contribution in [2.24, 2.45) is 0 Å². The first-order chi connectivity index (χ1) is 18.3. The minimum absolute atomic E-state index is 0. The molecule has 0 saturated carbocycles. The summed E-state index contributed by atoms with van der Waals surface area (Å²) in [4.78, 5) is 0. The van der Waals surface area contributed by atoms with Crippen molar-refractivity contribution in [2.75, 3.05) is 0 Å². The fourth-order valence-electron chi connectivity index (χ4n) is 5.43. The second-order valence-corrected chi connectivity index (χ2v) is 11.2. The Bertz CT molecular complexity index is 779. The number of hydrogen-bond donors (Lipinski definition) is 0. The zero-order chi connectivity index (χ0) is 26.2. The molecule has 0 N–H and O–H groups in total. The maximum atomic E-state index is 6.39. The van der Waals surface area contributed by atoms with Crippen LogP contribution in [0.15, 0.2) is 48.5 Å². The summed E-state index contributed by atoms with van der Waals surface area (Å²) in [5, 5.41) is 0. The second-order valence-electron chi connectivity index (χ2n) is 11.2. The number of aryl methyl sites for hydroxylation is 1. The van der Waals surface area contributed by atoms with Gasteiger partial charge in [-0.2, -0.15) is 0 Å². The van der Waals surface area contributed by atoms with Gasteiger partial charge in [0, 0.05) is 0 Å². The van der Waals surface area contributed by atoms with E-state index in [9.17, 15) is 0 Å². The number of rotatable bonds is 24. The third-order valence-electron chi connectivity index (χ3n) is 7.78. The van der Waals surface area contributed by atoms with Crippen LogP contribution in [0.5, 0.6) is 11.5 Å². The van der Waals surface area contributed by atoms with Gasteiger partial charge in [0.1, 0.15) is 11.5 Å². The van der Waals surface area contributed by atoms with Crippen LogP contribution in [0.2, 0.25) is 0 Å². The molecular weight excluding hydrogens is 471 g/mol. The van der Waals surface area contributed by atoms with Crippen LogP contribution in [-0.4, -0.2) is 0 Å². The Morgan fingerprint density at radius 3 is 1.42 bits per heavy atom. The van der Waals surface area contributed by atoms with Gasteiger partial charge in [-0.15, -0.1) is 0 Å². The third kappa shape index (κ3) is 17.0. The predicted molar refractivity (Wildman–Crippen MR) is 165 cm³/mol. The zero-order valence-electron chi connectivity index (χ0n) is 26.6. The van der Waals surface area contributed by atoms with Gasteiger partial charge >= 0.3 is 29.6 Å². The van der Waals surface area contributed by atoms with Crippen molar-refractivity contribution >= 4 is 0 Å². The van der Waals surface area contributed by atoms with Crippen LogP contribution in [-0.2, 0) is 12.8 Å². The van der Waals surface area contributed by atoms with Crippen molar-refractivity contribution in [3.05, 3.63) is 59.7 Å². The van der Waals surface area contributed by atoms with Crippen molar-refractivity contribution in [3.63, 3.8) is 0 Å². The molecule has 0 saturated heterocycles. The van der Waals surface area contributed by atoms with Gasteiger partial charge < -0.3 is 6.16 Å². The first-order valence-corrected chi connectivity index (χ1v) is 16.2. The van der Waals surface area contributed by atoms with Crippen molar-refractivity contribution < 1.29 is 35.7 Å². The summed E-state index contributed by atoms with van der Waals surface area (Å²) < 4.78 is 6.39. The summed E-state index contributed by atoms with van der Waals surface area (Å²) in [7, 11) is 0.